The lowest BCUT2D eigenvalue weighted by Gasteiger charge is -2.28. The van der Waals surface area contributed by atoms with Crippen LogP contribution in [0.15, 0.2) is 42.6 Å². The van der Waals surface area contributed by atoms with Gasteiger partial charge < -0.3 is 9.80 Å². The van der Waals surface area contributed by atoms with Gasteiger partial charge in [0.1, 0.15) is 5.69 Å². The number of aromatic nitrogens is 2. The molecular formula is C19H22N4O2. The fourth-order valence-corrected chi connectivity index (χ4v) is 4.38. The van der Waals surface area contributed by atoms with Crippen LogP contribution in [0.25, 0.3) is 0 Å². The predicted octanol–water partition coefficient (Wildman–Crippen LogP) is 1.51. The zero-order valence-corrected chi connectivity index (χ0v) is 14.6. The van der Waals surface area contributed by atoms with E-state index < -0.39 is 5.41 Å². The van der Waals surface area contributed by atoms with Crippen LogP contribution in [0.2, 0.25) is 0 Å². The van der Waals surface area contributed by atoms with Crippen molar-refractivity contribution in [2.45, 2.75) is 12.3 Å². The summed E-state index contributed by atoms with van der Waals surface area (Å²) in [7, 11) is 3.62. The van der Waals surface area contributed by atoms with Gasteiger partial charge in [-0.3, -0.25) is 14.3 Å². The number of rotatable bonds is 2. The highest BCUT2D eigenvalue weighted by molar-refractivity contribution is 5.94. The smallest absolute Gasteiger partial charge is 0.272 e. The minimum Gasteiger partial charge on any atom is -0.345 e. The minimum absolute atomic E-state index is 0.0500. The quantitative estimate of drug-likeness (QED) is 0.834. The van der Waals surface area contributed by atoms with E-state index in [0.29, 0.717) is 31.7 Å². The number of hydrogen-bond donors (Lipinski definition) is 0. The molecule has 0 aliphatic carbocycles. The summed E-state index contributed by atoms with van der Waals surface area (Å²) in [6.07, 6.45) is 2.33. The first-order valence-corrected chi connectivity index (χ1v) is 8.61. The van der Waals surface area contributed by atoms with Crippen LogP contribution in [0.1, 0.15) is 28.4 Å². The summed E-state index contributed by atoms with van der Waals surface area (Å²) < 4.78 is 1.59. The average Bonchev–Trinajstić information content (AvgIpc) is 3.31. The molecule has 2 saturated heterocycles. The molecular weight excluding hydrogens is 316 g/mol. The largest absolute Gasteiger partial charge is 0.345 e. The van der Waals surface area contributed by atoms with E-state index in [2.05, 4.69) is 17.2 Å². The molecule has 25 heavy (non-hydrogen) atoms. The fraction of sp³-hybridized carbons (Fsp3) is 0.421. The zero-order chi connectivity index (χ0) is 17.6. The summed E-state index contributed by atoms with van der Waals surface area (Å²) in [5, 5.41) is 4.08. The molecule has 1 spiro atoms. The van der Waals surface area contributed by atoms with Crippen molar-refractivity contribution >= 4 is 11.8 Å². The molecule has 2 aliphatic heterocycles. The number of amides is 2. The summed E-state index contributed by atoms with van der Waals surface area (Å²) in [4.78, 5) is 29.5. The third kappa shape index (κ3) is 2.35. The van der Waals surface area contributed by atoms with E-state index in [1.54, 1.807) is 24.0 Å². The van der Waals surface area contributed by atoms with Gasteiger partial charge >= 0.3 is 0 Å². The highest BCUT2D eigenvalue weighted by Crippen LogP contribution is 2.49. The topological polar surface area (TPSA) is 58.4 Å². The normalized spacial score (nSPS) is 26.0. The number of carbonyl (C=O) groups excluding carboxylic acids is 2. The molecule has 130 valence electrons. The molecule has 1 aromatic heterocycles. The predicted molar refractivity (Wildman–Crippen MR) is 93.0 cm³/mol. The Morgan fingerprint density at radius 1 is 1.20 bits per heavy atom. The van der Waals surface area contributed by atoms with Gasteiger partial charge in [0.2, 0.25) is 5.91 Å². The first-order valence-electron chi connectivity index (χ1n) is 8.61. The van der Waals surface area contributed by atoms with Gasteiger partial charge in [-0.1, -0.05) is 30.3 Å². The second-order valence-electron chi connectivity index (χ2n) is 7.12. The number of benzene rings is 1. The van der Waals surface area contributed by atoms with Crippen LogP contribution in [-0.2, 0) is 11.8 Å². The first kappa shape index (κ1) is 15.9. The molecule has 0 radical (unpaired) electrons. The Morgan fingerprint density at radius 2 is 1.96 bits per heavy atom. The molecule has 0 bridgehead atoms. The van der Waals surface area contributed by atoms with Crippen LogP contribution in [0.5, 0.6) is 0 Å². The van der Waals surface area contributed by atoms with Gasteiger partial charge in [-0.15, -0.1) is 0 Å². The van der Waals surface area contributed by atoms with Crippen molar-refractivity contribution in [3.05, 3.63) is 53.9 Å². The number of nitrogens with zero attached hydrogens (tertiary/aromatic N) is 4. The molecule has 2 aromatic rings. The van der Waals surface area contributed by atoms with Crippen LogP contribution < -0.4 is 0 Å². The van der Waals surface area contributed by atoms with E-state index >= 15 is 0 Å². The maximum atomic E-state index is 13.0. The Balaban J connectivity index is 1.65. The lowest BCUT2D eigenvalue weighted by atomic mass is 9.73. The van der Waals surface area contributed by atoms with Crippen molar-refractivity contribution in [2.24, 2.45) is 12.5 Å². The van der Waals surface area contributed by atoms with E-state index in [9.17, 15) is 9.59 Å². The molecule has 2 atom stereocenters. The Labute approximate surface area is 147 Å². The summed E-state index contributed by atoms with van der Waals surface area (Å²) in [6, 6.07) is 11.9. The standard InChI is InChI=1S/C19H22N4O2/c1-21-12-15(14-6-4-3-5-7-14)19(18(21)25)9-11-23(13-19)17(24)16-8-10-20-22(16)2/h3-8,10,15H,9,11-13H2,1-2H3/t15-,19-/m0/s1. The molecule has 0 saturated carbocycles. The number of aryl methyl sites for hydroxylation is 1. The third-order valence-electron chi connectivity index (χ3n) is 5.73. The van der Waals surface area contributed by atoms with Gasteiger partial charge in [0, 0.05) is 45.8 Å². The van der Waals surface area contributed by atoms with Crippen LogP contribution >= 0.6 is 0 Å². The SMILES string of the molecule is CN1C[C@@H](c2ccccc2)[C@@]2(CCN(C(=O)c3ccnn3C)C2)C1=O. The van der Waals surface area contributed by atoms with Gasteiger partial charge in [-0.2, -0.15) is 5.10 Å². The van der Waals surface area contributed by atoms with Crippen molar-refractivity contribution in [3.63, 3.8) is 0 Å². The molecule has 3 heterocycles. The summed E-state index contributed by atoms with van der Waals surface area (Å²) >= 11 is 0. The molecule has 4 rings (SSSR count). The monoisotopic (exact) mass is 338 g/mol. The second-order valence-corrected chi connectivity index (χ2v) is 7.12. The van der Waals surface area contributed by atoms with Crippen molar-refractivity contribution in [1.82, 2.24) is 19.6 Å². The van der Waals surface area contributed by atoms with Crippen LogP contribution in [0.4, 0.5) is 0 Å². The maximum absolute atomic E-state index is 13.0. The van der Waals surface area contributed by atoms with E-state index in [1.165, 1.54) is 5.56 Å². The molecule has 2 fully saturated rings. The number of carbonyl (C=O) groups is 2. The van der Waals surface area contributed by atoms with Crippen molar-refractivity contribution < 1.29 is 9.59 Å². The van der Waals surface area contributed by atoms with E-state index in [0.717, 1.165) is 0 Å². The van der Waals surface area contributed by atoms with Gasteiger partial charge in [0.15, 0.2) is 0 Å². The summed E-state index contributed by atoms with van der Waals surface area (Å²) in [5.41, 5.74) is 1.23. The highest BCUT2D eigenvalue weighted by atomic mass is 16.2. The molecule has 0 N–H and O–H groups in total. The third-order valence-corrected chi connectivity index (χ3v) is 5.73. The first-order chi connectivity index (χ1) is 12.0. The summed E-state index contributed by atoms with van der Waals surface area (Å²) in [6.45, 7) is 1.78. The van der Waals surface area contributed by atoms with Crippen LogP contribution in [0, 0.1) is 5.41 Å². The Kier molecular flexibility index (Phi) is 3.63. The number of likely N-dealkylation sites (tertiary alicyclic amines) is 2. The average molecular weight is 338 g/mol. The van der Waals surface area contributed by atoms with E-state index in [4.69, 9.17) is 0 Å². The van der Waals surface area contributed by atoms with Crippen molar-refractivity contribution in [3.8, 4) is 0 Å². The molecule has 6 nitrogen and oxygen atoms in total. The van der Waals surface area contributed by atoms with E-state index in [1.807, 2.05) is 35.0 Å². The lowest BCUT2D eigenvalue weighted by Crippen LogP contribution is -2.39. The molecule has 1 aromatic carbocycles. The van der Waals surface area contributed by atoms with Gasteiger partial charge in [0.25, 0.3) is 5.91 Å². The fourth-order valence-electron chi connectivity index (χ4n) is 4.38. The Morgan fingerprint density at radius 3 is 2.64 bits per heavy atom. The minimum atomic E-state index is -0.510. The van der Waals surface area contributed by atoms with Crippen molar-refractivity contribution in [2.75, 3.05) is 26.7 Å². The maximum Gasteiger partial charge on any atom is 0.272 e. The van der Waals surface area contributed by atoms with Crippen LogP contribution in [0.3, 0.4) is 0 Å². The van der Waals surface area contributed by atoms with E-state index in [-0.39, 0.29) is 17.7 Å². The second kappa shape index (κ2) is 5.72. The molecule has 2 aliphatic rings. The highest BCUT2D eigenvalue weighted by Gasteiger charge is 2.57. The van der Waals surface area contributed by atoms with Crippen LogP contribution in [-0.4, -0.2) is 58.1 Å². The number of likely N-dealkylation sites (N-methyl/N-ethyl adjacent to an activating group) is 1. The van der Waals surface area contributed by atoms with Gasteiger partial charge in [0.05, 0.1) is 5.41 Å². The van der Waals surface area contributed by atoms with Gasteiger partial charge in [-0.05, 0) is 18.1 Å². The lowest BCUT2D eigenvalue weighted by molar-refractivity contribution is -0.134. The molecule has 2 amide bonds. The van der Waals surface area contributed by atoms with Crippen molar-refractivity contribution in [1.29, 1.82) is 0 Å². The molecule has 6 heteroatoms. The van der Waals surface area contributed by atoms with Gasteiger partial charge in [-0.25, -0.2) is 0 Å². The Hall–Kier alpha value is -2.63. The zero-order valence-electron chi connectivity index (χ0n) is 14.6. The Bertz CT molecular complexity index is 816. The molecule has 0 unspecified atom stereocenters. The number of hydrogen-bond acceptors (Lipinski definition) is 3. The summed E-state index contributed by atoms with van der Waals surface area (Å²) in [5.74, 6) is 0.225.